The molecule has 1 radical (unpaired) electrons. The summed E-state index contributed by atoms with van der Waals surface area (Å²) in [5.74, 6) is 0.569. The number of fused-ring (bicyclic) bond motifs is 1. The number of pyridine rings is 1. The molecule has 0 fully saturated rings. The van der Waals surface area contributed by atoms with E-state index in [0.29, 0.717) is 11.5 Å². The summed E-state index contributed by atoms with van der Waals surface area (Å²) >= 11 is 0. The lowest BCUT2D eigenvalue weighted by Crippen LogP contribution is -1.99. The first kappa shape index (κ1) is 14.3. The predicted molar refractivity (Wildman–Crippen MR) is 92.2 cm³/mol. The van der Waals surface area contributed by atoms with Gasteiger partial charge in [0.1, 0.15) is 0 Å². The fourth-order valence-electron chi connectivity index (χ4n) is 2.90. The minimum Gasteiger partial charge on any atom is -0.366 e. The molecule has 0 atom stereocenters. The molecule has 7 nitrogen and oxygen atoms in total. The van der Waals surface area contributed by atoms with Crippen molar-refractivity contribution in [3.05, 3.63) is 53.9 Å². The number of hydrogen-bond acceptors (Lipinski definition) is 4. The highest BCUT2D eigenvalue weighted by Gasteiger charge is 2.18. The largest absolute Gasteiger partial charge is 0.366 e. The van der Waals surface area contributed by atoms with Gasteiger partial charge in [0, 0.05) is 11.8 Å². The van der Waals surface area contributed by atoms with Gasteiger partial charge in [0.15, 0.2) is 11.5 Å². The highest BCUT2D eigenvalue weighted by atomic mass is 15.3. The standard InChI is InChI=1S/C17H16N7/c1-10-5-3-4-6-13(10)24-16(18)15(11(2)21-24)12-7-8-14-20-17(19)22-23(14)9-12/h3-9,18H,1-2H3,(H2,19,22). The minimum atomic E-state index is 0.227. The Bertz CT molecular complexity index is 1060. The molecule has 0 amide bonds. The summed E-state index contributed by atoms with van der Waals surface area (Å²) in [6.07, 6.45) is 1.82. The van der Waals surface area contributed by atoms with E-state index in [4.69, 9.17) is 11.5 Å². The summed E-state index contributed by atoms with van der Waals surface area (Å²) in [7, 11) is 0. The van der Waals surface area contributed by atoms with Crippen LogP contribution in [-0.2, 0) is 0 Å². The molecule has 3 N–H and O–H groups in total. The fourth-order valence-corrected chi connectivity index (χ4v) is 2.90. The molecule has 0 saturated heterocycles. The van der Waals surface area contributed by atoms with Crippen molar-refractivity contribution in [3.63, 3.8) is 0 Å². The van der Waals surface area contributed by atoms with Crippen LogP contribution in [0.2, 0.25) is 0 Å². The number of para-hydroxylation sites is 1. The number of hydrogen-bond donors (Lipinski definition) is 1. The van der Waals surface area contributed by atoms with Crippen LogP contribution in [0.15, 0.2) is 42.6 Å². The van der Waals surface area contributed by atoms with Crippen LogP contribution in [0.3, 0.4) is 0 Å². The Morgan fingerprint density at radius 3 is 2.62 bits per heavy atom. The van der Waals surface area contributed by atoms with Gasteiger partial charge in [-0.05, 0) is 37.6 Å². The van der Waals surface area contributed by atoms with Gasteiger partial charge in [0.25, 0.3) is 0 Å². The monoisotopic (exact) mass is 318 g/mol. The highest BCUT2D eigenvalue weighted by molar-refractivity contribution is 5.77. The maximum Gasteiger partial charge on any atom is 0.240 e. The number of nitrogens with two attached hydrogens (primary N) is 1. The summed E-state index contributed by atoms with van der Waals surface area (Å²) in [6.45, 7) is 3.91. The Labute approximate surface area is 138 Å². The lowest BCUT2D eigenvalue weighted by atomic mass is 10.1. The molecule has 7 heteroatoms. The van der Waals surface area contributed by atoms with Crippen molar-refractivity contribution in [2.24, 2.45) is 0 Å². The summed E-state index contributed by atoms with van der Waals surface area (Å²) in [5.41, 5.74) is 19.3. The maximum absolute atomic E-state index is 8.58. The number of benzene rings is 1. The second-order valence-corrected chi connectivity index (χ2v) is 5.70. The van der Waals surface area contributed by atoms with E-state index in [2.05, 4.69) is 15.2 Å². The van der Waals surface area contributed by atoms with Crippen LogP contribution in [0.5, 0.6) is 0 Å². The van der Waals surface area contributed by atoms with Gasteiger partial charge in [0.2, 0.25) is 5.95 Å². The molecule has 0 aliphatic rings. The summed E-state index contributed by atoms with van der Waals surface area (Å²) in [4.78, 5) is 4.12. The molecule has 0 bridgehead atoms. The lowest BCUT2D eigenvalue weighted by molar-refractivity contribution is 0.852. The third-order valence-corrected chi connectivity index (χ3v) is 4.04. The van der Waals surface area contributed by atoms with E-state index in [1.54, 1.807) is 9.20 Å². The van der Waals surface area contributed by atoms with Crippen LogP contribution < -0.4 is 11.5 Å². The molecular formula is C17H16N7. The third-order valence-electron chi connectivity index (χ3n) is 4.04. The molecule has 3 aromatic heterocycles. The smallest absolute Gasteiger partial charge is 0.240 e. The molecule has 24 heavy (non-hydrogen) atoms. The van der Waals surface area contributed by atoms with Gasteiger partial charge < -0.3 is 5.73 Å². The Hall–Kier alpha value is -3.35. The lowest BCUT2D eigenvalue weighted by Gasteiger charge is -2.07. The molecule has 0 aliphatic carbocycles. The zero-order valence-corrected chi connectivity index (χ0v) is 13.4. The van der Waals surface area contributed by atoms with Gasteiger partial charge in [-0.15, -0.1) is 5.10 Å². The first-order chi connectivity index (χ1) is 11.5. The second kappa shape index (κ2) is 5.09. The number of aryl methyl sites for hydroxylation is 2. The van der Waals surface area contributed by atoms with E-state index in [9.17, 15) is 0 Å². The molecule has 0 spiro atoms. The van der Waals surface area contributed by atoms with Gasteiger partial charge in [-0.2, -0.15) is 10.1 Å². The normalized spacial score (nSPS) is 11.2. The Morgan fingerprint density at radius 1 is 1.04 bits per heavy atom. The van der Waals surface area contributed by atoms with Gasteiger partial charge >= 0.3 is 0 Å². The van der Waals surface area contributed by atoms with Crippen molar-refractivity contribution >= 4 is 17.4 Å². The molecule has 4 rings (SSSR count). The Balaban J connectivity index is 1.90. The van der Waals surface area contributed by atoms with Crippen molar-refractivity contribution in [2.45, 2.75) is 13.8 Å². The Morgan fingerprint density at radius 2 is 1.83 bits per heavy atom. The van der Waals surface area contributed by atoms with Crippen LogP contribution in [-0.4, -0.2) is 24.4 Å². The van der Waals surface area contributed by atoms with E-state index in [0.717, 1.165) is 28.1 Å². The van der Waals surface area contributed by atoms with E-state index in [1.807, 2.05) is 56.4 Å². The van der Waals surface area contributed by atoms with E-state index < -0.39 is 0 Å². The van der Waals surface area contributed by atoms with Crippen LogP contribution in [0.25, 0.3) is 22.5 Å². The van der Waals surface area contributed by atoms with E-state index in [-0.39, 0.29) is 5.95 Å². The highest BCUT2D eigenvalue weighted by Crippen LogP contribution is 2.32. The van der Waals surface area contributed by atoms with Gasteiger partial charge in [-0.1, -0.05) is 18.2 Å². The zero-order chi connectivity index (χ0) is 16.8. The molecule has 0 aliphatic heterocycles. The predicted octanol–water partition coefficient (Wildman–Crippen LogP) is 2.70. The van der Waals surface area contributed by atoms with E-state index >= 15 is 0 Å². The first-order valence-electron chi connectivity index (χ1n) is 7.54. The van der Waals surface area contributed by atoms with Gasteiger partial charge in [-0.3, -0.25) is 5.73 Å². The van der Waals surface area contributed by atoms with Gasteiger partial charge in [-0.25, -0.2) is 9.20 Å². The van der Waals surface area contributed by atoms with Crippen LogP contribution in [0.4, 0.5) is 11.8 Å². The maximum atomic E-state index is 8.58. The Kier molecular flexibility index (Phi) is 3.02. The summed E-state index contributed by atoms with van der Waals surface area (Å²) in [5, 5.41) is 8.69. The molecule has 1 aromatic carbocycles. The topological polar surface area (TPSA) is 97.8 Å². The van der Waals surface area contributed by atoms with Crippen molar-refractivity contribution in [2.75, 3.05) is 5.73 Å². The van der Waals surface area contributed by atoms with Crippen molar-refractivity contribution < 1.29 is 0 Å². The average Bonchev–Trinajstić information content (AvgIpc) is 3.06. The van der Waals surface area contributed by atoms with Crippen LogP contribution >= 0.6 is 0 Å². The molecule has 0 unspecified atom stereocenters. The van der Waals surface area contributed by atoms with E-state index in [1.165, 1.54) is 0 Å². The molecule has 0 saturated carbocycles. The average molecular weight is 318 g/mol. The number of aromatic nitrogens is 5. The molecule has 4 aromatic rings. The third kappa shape index (κ3) is 2.10. The fraction of sp³-hybridized carbons (Fsp3) is 0.118. The molecule has 119 valence electrons. The molecular weight excluding hydrogens is 302 g/mol. The van der Waals surface area contributed by atoms with Crippen LogP contribution in [0.1, 0.15) is 11.3 Å². The summed E-state index contributed by atoms with van der Waals surface area (Å²) in [6, 6.07) is 11.6. The number of nitrogen functional groups attached to an aromatic ring is 1. The minimum absolute atomic E-state index is 0.227. The number of nitrogens with zero attached hydrogens (tertiary/aromatic N) is 5. The second-order valence-electron chi connectivity index (χ2n) is 5.70. The van der Waals surface area contributed by atoms with Crippen molar-refractivity contribution in [3.8, 4) is 16.8 Å². The van der Waals surface area contributed by atoms with Crippen molar-refractivity contribution in [1.29, 1.82) is 0 Å². The summed E-state index contributed by atoms with van der Waals surface area (Å²) < 4.78 is 3.29. The quantitative estimate of drug-likeness (QED) is 0.614. The zero-order valence-electron chi connectivity index (χ0n) is 13.4. The molecule has 3 heterocycles. The number of rotatable bonds is 2. The number of anilines is 1. The van der Waals surface area contributed by atoms with Gasteiger partial charge in [0.05, 0.1) is 16.9 Å². The van der Waals surface area contributed by atoms with Crippen LogP contribution in [0, 0.1) is 13.8 Å². The van der Waals surface area contributed by atoms with Crippen molar-refractivity contribution in [1.82, 2.24) is 30.1 Å². The SMILES string of the molecule is Cc1ccccc1-n1nc(C)c(-c2ccc3nc(N)nn3c2)c1[NH]. The number of nitrogens with one attached hydrogen (secondary N) is 1. The first-order valence-corrected chi connectivity index (χ1v) is 7.54.